The minimum atomic E-state index is -0.834. The maximum atomic E-state index is 12.8. The zero-order chi connectivity index (χ0) is 22.4. The molecule has 0 N–H and O–H groups in total. The number of hydrogen-bond acceptors (Lipinski definition) is 7. The fourth-order valence-electron chi connectivity index (χ4n) is 2.01. The summed E-state index contributed by atoms with van der Waals surface area (Å²) in [6.07, 6.45) is 0.128. The number of hydrogen-bond donors (Lipinski definition) is 0. The molecule has 0 atom stereocenters. The number of nitrogens with zero attached hydrogens (tertiary/aromatic N) is 3. The van der Waals surface area contributed by atoms with Gasteiger partial charge in [-0.1, -0.05) is 23.9 Å². The van der Waals surface area contributed by atoms with Crippen LogP contribution in [0.4, 0.5) is 15.3 Å². The first-order valence-electron chi connectivity index (χ1n) is 8.81. The average molecular weight is 426 g/mol. The molecule has 1 aromatic carbocycles. The molecule has 0 aliphatic rings. The van der Waals surface area contributed by atoms with Crippen molar-refractivity contribution in [2.45, 2.75) is 59.3 Å². The van der Waals surface area contributed by atoms with Gasteiger partial charge in [-0.3, -0.25) is 15.0 Å². The molecular formula is C19H27N3O6S. The van der Waals surface area contributed by atoms with Crippen LogP contribution in [-0.4, -0.2) is 44.6 Å². The summed E-state index contributed by atoms with van der Waals surface area (Å²) in [5.74, 6) is 0. The molecule has 160 valence electrons. The third-order valence-electron chi connectivity index (χ3n) is 3.10. The number of benzene rings is 1. The summed E-state index contributed by atoms with van der Waals surface area (Å²) >= 11 is 1.08. The van der Waals surface area contributed by atoms with Gasteiger partial charge in [0, 0.05) is 12.1 Å². The molecule has 0 aliphatic carbocycles. The minimum absolute atomic E-state index is 0.00930. The molecule has 0 aromatic heterocycles. The molecule has 29 heavy (non-hydrogen) atoms. The van der Waals surface area contributed by atoms with E-state index >= 15 is 0 Å². The summed E-state index contributed by atoms with van der Waals surface area (Å²) in [7, 11) is 0. The Kier molecular flexibility index (Phi) is 8.19. The molecule has 1 rings (SSSR count). The Balaban J connectivity index is 3.22. The first-order chi connectivity index (χ1) is 13.2. The molecule has 0 bridgehead atoms. The van der Waals surface area contributed by atoms with E-state index in [9.17, 15) is 19.7 Å². The monoisotopic (exact) mass is 425 g/mol. The first kappa shape index (κ1) is 24.4. The molecule has 10 heteroatoms. The predicted octanol–water partition coefficient (Wildman–Crippen LogP) is 4.99. The van der Waals surface area contributed by atoms with Gasteiger partial charge in [-0.05, 0) is 53.4 Å². The summed E-state index contributed by atoms with van der Waals surface area (Å²) < 4.78 is 10.6. The third-order valence-corrected chi connectivity index (χ3v) is 3.77. The van der Waals surface area contributed by atoms with Gasteiger partial charge in [0.1, 0.15) is 11.2 Å². The smallest absolute Gasteiger partial charge is 0.436 e. The van der Waals surface area contributed by atoms with E-state index in [1.54, 1.807) is 47.8 Å². The fourth-order valence-corrected chi connectivity index (χ4v) is 2.54. The van der Waals surface area contributed by atoms with Gasteiger partial charge in [0.25, 0.3) is 5.69 Å². The second-order valence-electron chi connectivity index (χ2n) is 8.07. The Bertz CT molecular complexity index is 779. The van der Waals surface area contributed by atoms with E-state index in [1.165, 1.54) is 29.2 Å². The van der Waals surface area contributed by atoms with Crippen LogP contribution in [0.5, 0.6) is 0 Å². The van der Waals surface area contributed by atoms with Gasteiger partial charge in [-0.25, -0.2) is 9.59 Å². The van der Waals surface area contributed by atoms with E-state index in [2.05, 4.69) is 4.99 Å². The summed E-state index contributed by atoms with van der Waals surface area (Å²) in [5.41, 5.74) is -0.961. The van der Waals surface area contributed by atoms with E-state index in [1.807, 2.05) is 0 Å². The number of amidine groups is 1. The molecule has 9 nitrogen and oxygen atoms in total. The lowest BCUT2D eigenvalue weighted by atomic mass is 10.2. The highest BCUT2D eigenvalue weighted by Crippen LogP contribution is 2.20. The van der Waals surface area contributed by atoms with E-state index in [0.717, 1.165) is 11.8 Å². The van der Waals surface area contributed by atoms with Crippen LogP contribution in [0.15, 0.2) is 29.3 Å². The molecule has 2 amide bonds. The number of non-ortho nitro benzene ring substituents is 1. The van der Waals surface area contributed by atoms with E-state index < -0.39 is 28.3 Å². The quantitative estimate of drug-likeness (QED) is 0.290. The van der Waals surface area contributed by atoms with Crippen LogP contribution in [0.2, 0.25) is 0 Å². The molecule has 0 aliphatic heterocycles. The largest absolute Gasteiger partial charge is 0.443 e. The maximum Gasteiger partial charge on any atom is 0.436 e. The lowest BCUT2D eigenvalue weighted by Crippen LogP contribution is -2.39. The lowest BCUT2D eigenvalue weighted by molar-refractivity contribution is -0.384. The number of nitro groups is 1. The van der Waals surface area contributed by atoms with Gasteiger partial charge in [0.2, 0.25) is 0 Å². The van der Waals surface area contributed by atoms with Crippen LogP contribution >= 0.6 is 11.8 Å². The fraction of sp³-hybridized carbons (Fsp3) is 0.526. The van der Waals surface area contributed by atoms with Crippen molar-refractivity contribution < 1.29 is 24.0 Å². The first-order valence-corrected chi connectivity index (χ1v) is 10.0. The van der Waals surface area contributed by atoms with Crippen LogP contribution in [0, 0.1) is 10.1 Å². The molecule has 0 saturated heterocycles. The van der Waals surface area contributed by atoms with Crippen LogP contribution in [0.1, 0.15) is 47.1 Å². The average Bonchev–Trinajstić information content (AvgIpc) is 2.55. The number of carbonyl (C=O) groups excluding carboxylic acids is 2. The lowest BCUT2D eigenvalue weighted by Gasteiger charge is -2.27. The van der Waals surface area contributed by atoms with Gasteiger partial charge in [0.15, 0.2) is 5.17 Å². The van der Waals surface area contributed by atoms with Crippen molar-refractivity contribution in [3.63, 3.8) is 0 Å². The molecular weight excluding hydrogens is 398 g/mol. The van der Waals surface area contributed by atoms with Gasteiger partial charge in [0.05, 0.1) is 11.5 Å². The molecule has 0 spiro atoms. The van der Waals surface area contributed by atoms with Gasteiger partial charge in [-0.2, -0.15) is 4.99 Å². The minimum Gasteiger partial charge on any atom is -0.443 e. The van der Waals surface area contributed by atoms with E-state index in [-0.39, 0.29) is 17.4 Å². The van der Waals surface area contributed by atoms with Crippen LogP contribution in [-0.2, 0) is 16.0 Å². The van der Waals surface area contributed by atoms with E-state index in [0.29, 0.717) is 5.56 Å². The van der Waals surface area contributed by atoms with Crippen molar-refractivity contribution in [1.29, 1.82) is 0 Å². The topological polar surface area (TPSA) is 111 Å². The predicted molar refractivity (Wildman–Crippen MR) is 112 cm³/mol. The highest BCUT2D eigenvalue weighted by atomic mass is 32.2. The van der Waals surface area contributed by atoms with Gasteiger partial charge < -0.3 is 9.47 Å². The number of ether oxygens (including phenoxy) is 2. The highest BCUT2D eigenvalue weighted by molar-refractivity contribution is 8.13. The number of aliphatic imine (C=N–C) groups is 1. The summed E-state index contributed by atoms with van der Waals surface area (Å²) in [4.78, 5) is 40.3. The summed E-state index contributed by atoms with van der Waals surface area (Å²) in [6, 6.07) is 5.74. The van der Waals surface area contributed by atoms with E-state index in [4.69, 9.17) is 9.47 Å². The second-order valence-corrected chi connectivity index (χ2v) is 8.84. The number of nitro benzene ring substituents is 1. The second kappa shape index (κ2) is 9.73. The molecule has 0 radical (unpaired) electrons. The Morgan fingerprint density at radius 1 is 1.07 bits per heavy atom. The van der Waals surface area contributed by atoms with Crippen LogP contribution < -0.4 is 0 Å². The molecule has 0 fully saturated rings. The number of thioether (sulfide) groups is 1. The standard InChI is InChI=1S/C19H27N3O6S/c1-18(2,3)27-16(23)20-15(29-7)21(17(24)28-19(4,5)6)12-13-8-10-14(11-9-13)22(25)26/h8-11H,12H2,1-7H3/b20-15+. The zero-order valence-corrected chi connectivity index (χ0v) is 18.5. The third kappa shape index (κ3) is 8.95. The summed E-state index contributed by atoms with van der Waals surface area (Å²) in [6.45, 7) is 10.3. The van der Waals surface area contributed by atoms with Crippen molar-refractivity contribution in [1.82, 2.24) is 4.90 Å². The summed E-state index contributed by atoms with van der Waals surface area (Å²) in [5, 5.41) is 10.9. The van der Waals surface area contributed by atoms with Gasteiger partial charge in [-0.15, -0.1) is 0 Å². The van der Waals surface area contributed by atoms with Crippen molar-refractivity contribution >= 4 is 34.8 Å². The molecule has 0 heterocycles. The van der Waals surface area contributed by atoms with Crippen molar-refractivity contribution in [2.75, 3.05) is 6.26 Å². The van der Waals surface area contributed by atoms with Crippen LogP contribution in [0.25, 0.3) is 0 Å². The van der Waals surface area contributed by atoms with Crippen molar-refractivity contribution in [3.8, 4) is 0 Å². The Morgan fingerprint density at radius 2 is 1.59 bits per heavy atom. The highest BCUT2D eigenvalue weighted by Gasteiger charge is 2.27. The van der Waals surface area contributed by atoms with Crippen LogP contribution in [0.3, 0.4) is 0 Å². The van der Waals surface area contributed by atoms with Gasteiger partial charge >= 0.3 is 12.2 Å². The number of amides is 2. The Hall–Kier alpha value is -2.62. The normalized spacial score (nSPS) is 12.3. The molecule has 1 aromatic rings. The Morgan fingerprint density at radius 3 is 2.00 bits per heavy atom. The number of rotatable bonds is 3. The van der Waals surface area contributed by atoms with Crippen molar-refractivity contribution in [2.24, 2.45) is 4.99 Å². The Labute approximate surface area is 174 Å². The SMILES string of the molecule is CS/C(=N/C(=O)OC(C)(C)C)N(Cc1ccc([N+](=O)[O-])cc1)C(=O)OC(C)(C)C. The number of carbonyl (C=O) groups is 2. The zero-order valence-electron chi connectivity index (χ0n) is 17.7. The maximum absolute atomic E-state index is 12.8. The van der Waals surface area contributed by atoms with Crippen molar-refractivity contribution in [3.05, 3.63) is 39.9 Å². The molecule has 0 unspecified atom stereocenters. The molecule has 0 saturated carbocycles.